The Hall–Kier alpha value is 0.150. The van der Waals surface area contributed by atoms with E-state index in [1.807, 2.05) is 6.08 Å². The summed E-state index contributed by atoms with van der Waals surface area (Å²) in [6.07, 6.45) is 6.57. The molecule has 0 saturated heterocycles. The molecule has 1 N–H and O–H groups in total. The van der Waals surface area contributed by atoms with Gasteiger partial charge in [-0.15, -0.1) is 0 Å². The van der Waals surface area contributed by atoms with Gasteiger partial charge in [0.1, 0.15) is 5.76 Å². The topological polar surface area (TPSA) is 20.2 Å². The van der Waals surface area contributed by atoms with Crippen molar-refractivity contribution in [2.45, 2.75) is 23.1 Å². The summed E-state index contributed by atoms with van der Waals surface area (Å²) in [5.74, 6) is -0.150. The van der Waals surface area contributed by atoms with Gasteiger partial charge in [-0.2, -0.15) is 0 Å². The Balaban J connectivity index is 2.88. The van der Waals surface area contributed by atoms with E-state index < -0.39 is 3.79 Å². The summed E-state index contributed by atoms with van der Waals surface area (Å²) in [5.41, 5.74) is 0.723. The quantitative estimate of drug-likeness (QED) is 0.491. The summed E-state index contributed by atoms with van der Waals surface area (Å²) >= 11 is 16.5. The van der Waals surface area contributed by atoms with Gasteiger partial charge in [-0.25, -0.2) is 0 Å². The molecule has 1 aliphatic carbocycles. The molecular weight excluding hydrogens is 218 g/mol. The predicted molar refractivity (Wildman–Crippen MR) is 52.9 cm³/mol. The zero-order valence-corrected chi connectivity index (χ0v) is 8.62. The smallest absolute Gasteiger partial charge is 0.247 e. The van der Waals surface area contributed by atoms with Gasteiger partial charge in [0.25, 0.3) is 0 Å². The molecule has 0 aliphatic heterocycles. The summed E-state index contributed by atoms with van der Waals surface area (Å²) < 4.78 is -1.68. The van der Waals surface area contributed by atoms with E-state index in [0.29, 0.717) is 0 Å². The van der Waals surface area contributed by atoms with E-state index in [-0.39, 0.29) is 5.76 Å². The van der Waals surface area contributed by atoms with Crippen molar-refractivity contribution in [3.8, 4) is 0 Å². The van der Waals surface area contributed by atoms with E-state index in [4.69, 9.17) is 34.8 Å². The first-order valence-corrected chi connectivity index (χ1v) is 4.81. The van der Waals surface area contributed by atoms with E-state index in [2.05, 4.69) is 0 Å². The molecule has 0 aromatic rings. The molecule has 0 unspecified atom stereocenters. The highest BCUT2D eigenvalue weighted by molar-refractivity contribution is 6.69. The van der Waals surface area contributed by atoms with Gasteiger partial charge < -0.3 is 5.11 Å². The number of alkyl halides is 3. The van der Waals surface area contributed by atoms with E-state index >= 15 is 0 Å². The van der Waals surface area contributed by atoms with Gasteiger partial charge in [0.2, 0.25) is 3.79 Å². The Bertz CT molecular complexity index is 225. The molecule has 0 atom stereocenters. The summed E-state index contributed by atoms with van der Waals surface area (Å²) in [7, 11) is 0. The third-order valence-corrected chi connectivity index (χ3v) is 2.25. The maximum absolute atomic E-state index is 9.44. The molecule has 0 radical (unpaired) electrons. The van der Waals surface area contributed by atoms with E-state index in [9.17, 15) is 5.11 Å². The monoisotopic (exact) mass is 226 g/mol. The summed E-state index contributed by atoms with van der Waals surface area (Å²) in [5, 5.41) is 9.44. The number of rotatable bonds is 0. The number of hydrogen-bond donors (Lipinski definition) is 1. The van der Waals surface area contributed by atoms with Gasteiger partial charge in [0.05, 0.1) is 0 Å². The zero-order valence-electron chi connectivity index (χ0n) is 6.36. The van der Waals surface area contributed by atoms with Crippen LogP contribution in [-0.2, 0) is 0 Å². The number of hydrogen-bond acceptors (Lipinski definition) is 1. The van der Waals surface area contributed by atoms with Crippen molar-refractivity contribution < 1.29 is 5.11 Å². The largest absolute Gasteiger partial charge is 0.507 e. The average molecular weight is 228 g/mol. The minimum Gasteiger partial charge on any atom is -0.507 e. The molecular formula is C8H9Cl3O. The maximum atomic E-state index is 9.44. The Morgan fingerprint density at radius 1 is 1.42 bits per heavy atom. The molecule has 0 saturated carbocycles. The van der Waals surface area contributed by atoms with Crippen LogP contribution in [-0.4, -0.2) is 8.90 Å². The molecule has 0 aromatic carbocycles. The van der Waals surface area contributed by atoms with Gasteiger partial charge in [-0.3, -0.25) is 0 Å². The molecule has 0 spiro atoms. The molecule has 0 amide bonds. The normalized spacial score (nSPS) is 22.6. The number of halogens is 3. The molecule has 68 valence electrons. The number of allylic oxidation sites excluding steroid dienone is 4. The number of aliphatic hydroxyl groups is 1. The first-order valence-electron chi connectivity index (χ1n) is 3.67. The van der Waals surface area contributed by atoms with Gasteiger partial charge in [0.15, 0.2) is 0 Å². The lowest BCUT2D eigenvalue weighted by Crippen LogP contribution is -2.09. The third-order valence-electron chi connectivity index (χ3n) is 1.71. The average Bonchev–Trinajstić information content (AvgIpc) is 2.03. The highest BCUT2D eigenvalue weighted by atomic mass is 35.6. The molecule has 4 heteroatoms. The fourth-order valence-corrected chi connectivity index (χ4v) is 1.46. The summed E-state index contributed by atoms with van der Waals surface area (Å²) in [4.78, 5) is 0. The highest BCUT2D eigenvalue weighted by Crippen LogP contribution is 2.36. The molecule has 1 rings (SSSR count). The molecule has 1 aliphatic rings. The van der Waals surface area contributed by atoms with Crippen molar-refractivity contribution >= 4 is 34.8 Å². The van der Waals surface area contributed by atoms with Crippen molar-refractivity contribution in [1.82, 2.24) is 0 Å². The van der Waals surface area contributed by atoms with Crippen LogP contribution in [0.25, 0.3) is 0 Å². The second kappa shape index (κ2) is 3.91. The lowest BCUT2D eigenvalue weighted by Gasteiger charge is -2.15. The Labute approximate surface area is 86.6 Å². The van der Waals surface area contributed by atoms with Crippen LogP contribution in [0.2, 0.25) is 0 Å². The molecule has 12 heavy (non-hydrogen) atoms. The van der Waals surface area contributed by atoms with Crippen molar-refractivity contribution in [3.63, 3.8) is 0 Å². The van der Waals surface area contributed by atoms with Crippen LogP contribution in [0, 0.1) is 0 Å². The van der Waals surface area contributed by atoms with Crippen LogP contribution in [0.4, 0.5) is 0 Å². The van der Waals surface area contributed by atoms with Gasteiger partial charge >= 0.3 is 0 Å². The number of aliphatic hydroxyl groups excluding tert-OH is 1. The third kappa shape index (κ3) is 2.58. The minimum absolute atomic E-state index is 0.150. The Morgan fingerprint density at radius 3 is 2.50 bits per heavy atom. The zero-order chi connectivity index (χ0) is 9.19. The van der Waals surface area contributed by atoms with Crippen LogP contribution in [0.3, 0.4) is 0 Å². The molecule has 0 bridgehead atoms. The van der Waals surface area contributed by atoms with Gasteiger partial charge in [-0.05, 0) is 24.8 Å². The van der Waals surface area contributed by atoms with Crippen molar-refractivity contribution in [3.05, 3.63) is 23.5 Å². The van der Waals surface area contributed by atoms with Crippen LogP contribution in [0.15, 0.2) is 23.5 Å². The van der Waals surface area contributed by atoms with E-state index in [1.165, 1.54) is 0 Å². The first kappa shape index (κ1) is 10.2. The van der Waals surface area contributed by atoms with Crippen LogP contribution in [0.5, 0.6) is 0 Å². The maximum Gasteiger partial charge on any atom is 0.247 e. The second-order valence-electron chi connectivity index (χ2n) is 2.67. The SMILES string of the molecule is OC(=C1C=CCCC1)C(Cl)(Cl)Cl. The van der Waals surface area contributed by atoms with Crippen molar-refractivity contribution in [1.29, 1.82) is 0 Å². The minimum atomic E-state index is -1.68. The molecule has 0 heterocycles. The molecule has 1 nitrogen and oxygen atoms in total. The fourth-order valence-electron chi connectivity index (χ4n) is 1.10. The highest BCUT2D eigenvalue weighted by Gasteiger charge is 2.28. The van der Waals surface area contributed by atoms with Crippen LogP contribution >= 0.6 is 34.8 Å². The Morgan fingerprint density at radius 2 is 2.08 bits per heavy atom. The van der Waals surface area contributed by atoms with Gasteiger partial charge in [-0.1, -0.05) is 47.0 Å². The summed E-state index contributed by atoms with van der Waals surface area (Å²) in [6.45, 7) is 0. The van der Waals surface area contributed by atoms with Crippen molar-refractivity contribution in [2.24, 2.45) is 0 Å². The summed E-state index contributed by atoms with van der Waals surface area (Å²) in [6, 6.07) is 0. The second-order valence-corrected chi connectivity index (χ2v) is 4.95. The Kier molecular flexibility index (Phi) is 3.33. The van der Waals surface area contributed by atoms with E-state index in [0.717, 1.165) is 24.8 Å². The molecule has 0 fully saturated rings. The fraction of sp³-hybridized carbons (Fsp3) is 0.500. The van der Waals surface area contributed by atoms with E-state index in [1.54, 1.807) is 6.08 Å². The lowest BCUT2D eigenvalue weighted by molar-refractivity contribution is 0.393. The standard InChI is InChI=1S/C8H9Cl3O/c9-8(10,11)7(12)6-4-2-1-3-5-6/h2,4,12H,1,3,5H2. The van der Waals surface area contributed by atoms with Crippen LogP contribution in [0.1, 0.15) is 19.3 Å². The predicted octanol–water partition coefficient (Wildman–Crippen LogP) is 3.91. The van der Waals surface area contributed by atoms with Crippen LogP contribution < -0.4 is 0 Å². The lowest BCUT2D eigenvalue weighted by atomic mass is 10.0. The van der Waals surface area contributed by atoms with Gasteiger partial charge in [0, 0.05) is 0 Å². The first-order chi connectivity index (χ1) is 5.52. The van der Waals surface area contributed by atoms with Crippen molar-refractivity contribution in [2.75, 3.05) is 0 Å². The molecule has 0 aromatic heterocycles.